The van der Waals surface area contributed by atoms with E-state index in [9.17, 15) is 9.59 Å². The zero-order chi connectivity index (χ0) is 11.1. The van der Waals surface area contributed by atoms with Gasteiger partial charge in [-0.2, -0.15) is 0 Å². The normalized spacial score (nSPS) is 9.67. The van der Waals surface area contributed by atoms with Crippen molar-refractivity contribution in [1.82, 2.24) is 4.98 Å². The Kier molecular flexibility index (Phi) is 4.47. The van der Waals surface area contributed by atoms with Gasteiger partial charge in [0.2, 0.25) is 0 Å². The quantitative estimate of drug-likeness (QED) is 0.540. The lowest BCUT2D eigenvalue weighted by atomic mass is 10.2. The van der Waals surface area contributed by atoms with E-state index < -0.39 is 5.97 Å². The van der Waals surface area contributed by atoms with Gasteiger partial charge >= 0.3 is 5.97 Å². The van der Waals surface area contributed by atoms with E-state index in [1.165, 1.54) is 0 Å². The summed E-state index contributed by atoms with van der Waals surface area (Å²) in [6.45, 7) is 2.08. The first-order valence-electron chi connectivity index (χ1n) is 4.84. The second-order valence-corrected chi connectivity index (χ2v) is 2.94. The van der Waals surface area contributed by atoms with Gasteiger partial charge in [0.1, 0.15) is 12.0 Å². The number of nitrogens with zero attached hydrogens (tertiary/aromatic N) is 1. The molecule has 0 amide bonds. The second kappa shape index (κ2) is 5.90. The SMILES string of the molecule is CCOC(=O)c1cccc(CCC=O)n1. The number of carbonyl (C=O) groups excluding carboxylic acids is 2. The molecule has 0 bridgehead atoms. The summed E-state index contributed by atoms with van der Waals surface area (Å²) in [5.41, 5.74) is 1.02. The monoisotopic (exact) mass is 207 g/mol. The molecule has 0 aliphatic carbocycles. The lowest BCUT2D eigenvalue weighted by Gasteiger charge is -2.02. The Bertz CT molecular complexity index is 349. The summed E-state index contributed by atoms with van der Waals surface area (Å²) in [7, 11) is 0. The molecule has 0 N–H and O–H groups in total. The summed E-state index contributed by atoms with van der Waals surface area (Å²) in [4.78, 5) is 25.6. The molecule has 1 aromatic heterocycles. The van der Waals surface area contributed by atoms with Crippen LogP contribution in [0.15, 0.2) is 18.2 Å². The van der Waals surface area contributed by atoms with Crippen molar-refractivity contribution < 1.29 is 14.3 Å². The molecule has 0 aliphatic heterocycles. The van der Waals surface area contributed by atoms with Gasteiger partial charge in [0.05, 0.1) is 6.61 Å². The van der Waals surface area contributed by atoms with Crippen molar-refractivity contribution in [3.8, 4) is 0 Å². The first kappa shape index (κ1) is 11.4. The van der Waals surface area contributed by atoms with E-state index >= 15 is 0 Å². The lowest BCUT2D eigenvalue weighted by Crippen LogP contribution is -2.08. The summed E-state index contributed by atoms with van der Waals surface area (Å²) in [5, 5.41) is 0. The van der Waals surface area contributed by atoms with Crippen LogP contribution in [-0.2, 0) is 16.0 Å². The highest BCUT2D eigenvalue weighted by molar-refractivity contribution is 5.87. The zero-order valence-electron chi connectivity index (χ0n) is 8.60. The Hall–Kier alpha value is -1.71. The van der Waals surface area contributed by atoms with Crippen molar-refractivity contribution in [2.24, 2.45) is 0 Å². The molecule has 0 saturated heterocycles. The lowest BCUT2D eigenvalue weighted by molar-refractivity contribution is -0.107. The topological polar surface area (TPSA) is 56.3 Å². The molecule has 1 aromatic rings. The molecule has 0 spiro atoms. The van der Waals surface area contributed by atoms with E-state index in [-0.39, 0.29) is 0 Å². The van der Waals surface area contributed by atoms with E-state index in [2.05, 4.69) is 4.98 Å². The Morgan fingerprint density at radius 2 is 2.33 bits per heavy atom. The van der Waals surface area contributed by atoms with Crippen molar-refractivity contribution >= 4 is 12.3 Å². The van der Waals surface area contributed by atoms with Gasteiger partial charge in [0, 0.05) is 12.1 Å². The van der Waals surface area contributed by atoms with Crippen molar-refractivity contribution in [2.75, 3.05) is 6.61 Å². The first-order chi connectivity index (χ1) is 7.27. The highest BCUT2D eigenvalue weighted by Gasteiger charge is 2.07. The molecule has 4 nitrogen and oxygen atoms in total. The summed E-state index contributed by atoms with van der Waals surface area (Å²) in [6.07, 6.45) is 1.80. The largest absolute Gasteiger partial charge is 0.461 e. The van der Waals surface area contributed by atoms with Crippen LogP contribution in [0, 0.1) is 0 Å². The maximum absolute atomic E-state index is 11.3. The summed E-state index contributed by atoms with van der Waals surface area (Å²) < 4.78 is 4.82. The van der Waals surface area contributed by atoms with Crippen molar-refractivity contribution in [1.29, 1.82) is 0 Å². The number of carbonyl (C=O) groups is 2. The van der Waals surface area contributed by atoms with Crippen molar-refractivity contribution in [2.45, 2.75) is 19.8 Å². The fourth-order valence-corrected chi connectivity index (χ4v) is 1.14. The molecular formula is C11H13NO3. The number of esters is 1. The van der Waals surface area contributed by atoms with Gasteiger partial charge in [-0.05, 0) is 25.5 Å². The van der Waals surface area contributed by atoms with Crippen LogP contribution in [0.4, 0.5) is 0 Å². The molecule has 0 radical (unpaired) electrons. The molecule has 15 heavy (non-hydrogen) atoms. The van der Waals surface area contributed by atoms with Crippen molar-refractivity contribution in [3.63, 3.8) is 0 Å². The summed E-state index contributed by atoms with van der Waals surface area (Å²) in [6, 6.07) is 5.12. The third-order valence-corrected chi connectivity index (χ3v) is 1.81. The Labute approximate surface area is 88.3 Å². The molecule has 1 heterocycles. The molecule has 0 atom stereocenters. The fraction of sp³-hybridized carbons (Fsp3) is 0.364. The van der Waals surface area contributed by atoms with Crippen LogP contribution in [-0.4, -0.2) is 23.8 Å². The molecule has 80 valence electrons. The number of pyridine rings is 1. The fourth-order valence-electron chi connectivity index (χ4n) is 1.14. The molecule has 0 aliphatic rings. The van der Waals surface area contributed by atoms with Gasteiger partial charge in [0.15, 0.2) is 0 Å². The van der Waals surface area contributed by atoms with Gasteiger partial charge < -0.3 is 9.53 Å². The molecule has 0 saturated carbocycles. The highest BCUT2D eigenvalue weighted by Crippen LogP contribution is 2.03. The van der Waals surface area contributed by atoms with Crippen LogP contribution in [0.3, 0.4) is 0 Å². The van der Waals surface area contributed by atoms with Crippen LogP contribution in [0.5, 0.6) is 0 Å². The van der Waals surface area contributed by atoms with Crippen LogP contribution in [0.2, 0.25) is 0 Å². The Morgan fingerprint density at radius 3 is 3.00 bits per heavy atom. The highest BCUT2D eigenvalue weighted by atomic mass is 16.5. The number of aromatic nitrogens is 1. The predicted octanol–water partition coefficient (Wildman–Crippen LogP) is 1.39. The van der Waals surface area contributed by atoms with Gasteiger partial charge in [-0.3, -0.25) is 0 Å². The van der Waals surface area contributed by atoms with Gasteiger partial charge in [-0.1, -0.05) is 6.07 Å². The second-order valence-electron chi connectivity index (χ2n) is 2.94. The zero-order valence-corrected chi connectivity index (χ0v) is 8.60. The summed E-state index contributed by atoms with van der Waals surface area (Å²) >= 11 is 0. The minimum absolute atomic E-state index is 0.292. The number of rotatable bonds is 5. The first-order valence-corrected chi connectivity index (χ1v) is 4.84. The number of aryl methyl sites for hydroxylation is 1. The molecule has 0 aromatic carbocycles. The molecular weight excluding hydrogens is 194 g/mol. The maximum Gasteiger partial charge on any atom is 0.356 e. The number of hydrogen-bond donors (Lipinski definition) is 0. The minimum Gasteiger partial charge on any atom is -0.461 e. The molecule has 1 rings (SSSR count). The summed E-state index contributed by atoms with van der Waals surface area (Å²) in [5.74, 6) is -0.426. The van der Waals surface area contributed by atoms with Crippen LogP contribution >= 0.6 is 0 Å². The van der Waals surface area contributed by atoms with Crippen LogP contribution in [0.1, 0.15) is 29.5 Å². The van der Waals surface area contributed by atoms with Crippen LogP contribution in [0.25, 0.3) is 0 Å². The van der Waals surface area contributed by atoms with E-state index in [4.69, 9.17) is 4.74 Å². The van der Waals surface area contributed by atoms with E-state index in [0.717, 1.165) is 12.0 Å². The van der Waals surface area contributed by atoms with E-state index in [1.807, 2.05) is 0 Å². The molecule has 0 fully saturated rings. The predicted molar refractivity (Wildman–Crippen MR) is 54.6 cm³/mol. The van der Waals surface area contributed by atoms with E-state index in [1.54, 1.807) is 25.1 Å². The number of ether oxygens (including phenoxy) is 1. The average Bonchev–Trinajstić information content (AvgIpc) is 2.27. The molecule has 0 unspecified atom stereocenters. The standard InChI is InChI=1S/C11H13NO3/c1-2-15-11(14)10-7-3-5-9(12-10)6-4-8-13/h3,5,7-8H,2,4,6H2,1H3. The Balaban J connectivity index is 2.73. The number of aldehydes is 1. The molecule has 4 heteroatoms. The van der Waals surface area contributed by atoms with Gasteiger partial charge in [-0.15, -0.1) is 0 Å². The minimum atomic E-state index is -0.426. The smallest absolute Gasteiger partial charge is 0.356 e. The van der Waals surface area contributed by atoms with Crippen LogP contribution < -0.4 is 0 Å². The van der Waals surface area contributed by atoms with Gasteiger partial charge in [0.25, 0.3) is 0 Å². The number of hydrogen-bond acceptors (Lipinski definition) is 4. The maximum atomic E-state index is 11.3. The Morgan fingerprint density at radius 1 is 1.53 bits per heavy atom. The van der Waals surface area contributed by atoms with Gasteiger partial charge in [-0.25, -0.2) is 9.78 Å². The third-order valence-electron chi connectivity index (χ3n) is 1.81. The third kappa shape index (κ3) is 3.50. The van der Waals surface area contributed by atoms with Crippen molar-refractivity contribution in [3.05, 3.63) is 29.6 Å². The van der Waals surface area contributed by atoms with E-state index in [0.29, 0.717) is 25.1 Å². The average molecular weight is 207 g/mol.